The van der Waals surface area contributed by atoms with E-state index in [0.717, 1.165) is 21.6 Å². The molecule has 2 rings (SSSR count). The van der Waals surface area contributed by atoms with E-state index in [-0.39, 0.29) is 0 Å². The van der Waals surface area contributed by atoms with Crippen LogP contribution in [0.1, 0.15) is 5.56 Å². The molecule has 0 amide bonds. The lowest BCUT2D eigenvalue weighted by Gasteiger charge is -2.16. The van der Waals surface area contributed by atoms with Crippen molar-refractivity contribution in [3.63, 3.8) is 0 Å². The Labute approximate surface area is 116 Å². The molecule has 0 aliphatic carbocycles. The van der Waals surface area contributed by atoms with Gasteiger partial charge < -0.3 is 4.90 Å². The fourth-order valence-corrected chi connectivity index (χ4v) is 2.07. The molecule has 0 aliphatic heterocycles. The number of nitrogens with zero attached hydrogens (tertiary/aromatic N) is 2. The molecular weight excluding hydrogens is 288 g/mol. The minimum atomic E-state index is 0.942. The van der Waals surface area contributed by atoms with Crippen LogP contribution in [0.5, 0.6) is 0 Å². The third-order valence-corrected chi connectivity index (χ3v) is 2.99. The zero-order valence-electron chi connectivity index (χ0n) is 10.5. The topological polar surface area (TPSA) is 15.6 Å². The van der Waals surface area contributed by atoms with Gasteiger partial charge >= 0.3 is 0 Å². The fourth-order valence-electron chi connectivity index (χ4n) is 1.68. The van der Waals surface area contributed by atoms with Crippen LogP contribution in [0.25, 0.3) is 0 Å². The number of hydrogen-bond acceptors (Lipinski definition) is 1. The molecule has 0 bridgehead atoms. The second-order valence-electron chi connectivity index (χ2n) is 4.18. The van der Waals surface area contributed by atoms with Gasteiger partial charge in [-0.1, -0.05) is 52.3 Å². The molecule has 0 unspecified atom stereocenters. The average molecular weight is 303 g/mol. The first-order chi connectivity index (χ1) is 8.66. The number of aliphatic imine (C=N–C) groups is 1. The van der Waals surface area contributed by atoms with Crippen molar-refractivity contribution in [2.75, 3.05) is 14.1 Å². The summed E-state index contributed by atoms with van der Waals surface area (Å²) in [6.45, 7) is 0. The molecule has 0 saturated heterocycles. The number of halogens is 1. The molecule has 0 atom stereocenters. The van der Waals surface area contributed by atoms with Gasteiger partial charge in [-0.2, -0.15) is 0 Å². The summed E-state index contributed by atoms with van der Waals surface area (Å²) >= 11 is 3.46. The van der Waals surface area contributed by atoms with Gasteiger partial charge in [0, 0.05) is 24.1 Å². The van der Waals surface area contributed by atoms with Gasteiger partial charge in [-0.25, -0.2) is 4.99 Å². The van der Waals surface area contributed by atoms with Crippen LogP contribution < -0.4 is 0 Å². The quantitative estimate of drug-likeness (QED) is 0.603. The second kappa shape index (κ2) is 5.83. The van der Waals surface area contributed by atoms with Crippen molar-refractivity contribution in [3.05, 3.63) is 64.6 Å². The predicted octanol–water partition coefficient (Wildman–Crippen LogP) is 4.09. The zero-order chi connectivity index (χ0) is 13.0. The minimum absolute atomic E-state index is 0.942. The molecule has 2 nitrogen and oxygen atoms in total. The summed E-state index contributed by atoms with van der Waals surface area (Å²) in [5.41, 5.74) is 2.06. The third-order valence-electron chi connectivity index (χ3n) is 2.50. The molecule has 92 valence electrons. The van der Waals surface area contributed by atoms with Crippen LogP contribution in [0.2, 0.25) is 0 Å². The van der Waals surface area contributed by atoms with E-state index >= 15 is 0 Å². The maximum absolute atomic E-state index is 4.70. The molecule has 0 N–H and O–H groups in total. The Hall–Kier alpha value is -1.61. The summed E-state index contributed by atoms with van der Waals surface area (Å²) in [6, 6.07) is 18.2. The molecule has 0 radical (unpaired) electrons. The lowest BCUT2D eigenvalue weighted by molar-refractivity contribution is 0.624. The van der Waals surface area contributed by atoms with E-state index in [1.807, 2.05) is 61.5 Å². The second-order valence-corrected chi connectivity index (χ2v) is 5.09. The van der Waals surface area contributed by atoms with Crippen LogP contribution in [-0.4, -0.2) is 24.8 Å². The van der Waals surface area contributed by atoms with Gasteiger partial charge in [0.15, 0.2) is 0 Å². The summed E-state index contributed by atoms with van der Waals surface area (Å²) in [6.07, 6.45) is 0. The van der Waals surface area contributed by atoms with Crippen LogP contribution in [0.4, 0.5) is 5.69 Å². The Bertz CT molecular complexity index is 547. The van der Waals surface area contributed by atoms with Gasteiger partial charge in [0.25, 0.3) is 0 Å². The van der Waals surface area contributed by atoms with E-state index in [2.05, 4.69) is 28.1 Å². The van der Waals surface area contributed by atoms with E-state index in [1.165, 1.54) is 0 Å². The monoisotopic (exact) mass is 302 g/mol. The first kappa shape index (κ1) is 12.8. The highest BCUT2D eigenvalue weighted by Gasteiger charge is 2.05. The SMILES string of the molecule is CN(C)C(=Nc1cccc(Br)c1)c1ccccc1. The van der Waals surface area contributed by atoms with Crippen LogP contribution in [-0.2, 0) is 0 Å². The predicted molar refractivity (Wildman–Crippen MR) is 80.5 cm³/mol. The van der Waals surface area contributed by atoms with Crippen molar-refractivity contribution in [3.8, 4) is 0 Å². The first-order valence-corrected chi connectivity index (χ1v) is 6.53. The molecule has 0 fully saturated rings. The highest BCUT2D eigenvalue weighted by Crippen LogP contribution is 2.20. The largest absolute Gasteiger partial charge is 0.362 e. The maximum atomic E-state index is 4.70. The standard InChI is InChI=1S/C15H15BrN2/c1-18(2)15(12-7-4-3-5-8-12)17-14-10-6-9-13(16)11-14/h3-11H,1-2H3. The molecule has 0 heterocycles. The van der Waals surface area contributed by atoms with Crippen LogP contribution in [0, 0.1) is 0 Å². The Kier molecular flexibility index (Phi) is 4.15. The van der Waals surface area contributed by atoms with Crippen molar-refractivity contribution in [1.82, 2.24) is 4.90 Å². The summed E-state index contributed by atoms with van der Waals surface area (Å²) in [7, 11) is 4.01. The summed E-state index contributed by atoms with van der Waals surface area (Å²) in [4.78, 5) is 6.73. The zero-order valence-corrected chi connectivity index (χ0v) is 12.1. The van der Waals surface area contributed by atoms with E-state index in [4.69, 9.17) is 4.99 Å². The molecule has 3 heteroatoms. The molecular formula is C15H15BrN2. The number of benzene rings is 2. The summed E-state index contributed by atoms with van der Waals surface area (Å²) < 4.78 is 1.04. The maximum Gasteiger partial charge on any atom is 0.136 e. The lowest BCUT2D eigenvalue weighted by Crippen LogP contribution is -2.22. The number of rotatable bonds is 2. The van der Waals surface area contributed by atoms with Gasteiger partial charge in [-0.15, -0.1) is 0 Å². The lowest BCUT2D eigenvalue weighted by atomic mass is 10.2. The molecule has 0 saturated carbocycles. The third kappa shape index (κ3) is 3.20. The van der Waals surface area contributed by atoms with Crippen molar-refractivity contribution in [2.45, 2.75) is 0 Å². The Balaban J connectivity index is 2.43. The van der Waals surface area contributed by atoms with Crippen LogP contribution in [0.3, 0.4) is 0 Å². The smallest absolute Gasteiger partial charge is 0.136 e. The van der Waals surface area contributed by atoms with Gasteiger partial charge in [-0.3, -0.25) is 0 Å². The average Bonchev–Trinajstić information content (AvgIpc) is 2.37. The van der Waals surface area contributed by atoms with E-state index in [9.17, 15) is 0 Å². The first-order valence-electron chi connectivity index (χ1n) is 5.74. The molecule has 18 heavy (non-hydrogen) atoms. The molecule has 2 aromatic rings. The van der Waals surface area contributed by atoms with Crippen molar-refractivity contribution in [2.24, 2.45) is 4.99 Å². The Morgan fingerprint density at radius 2 is 1.72 bits per heavy atom. The van der Waals surface area contributed by atoms with E-state index in [0.29, 0.717) is 0 Å². The molecule has 0 spiro atoms. The fraction of sp³-hybridized carbons (Fsp3) is 0.133. The Morgan fingerprint density at radius 1 is 1.00 bits per heavy atom. The molecule has 0 aromatic heterocycles. The van der Waals surface area contributed by atoms with Gasteiger partial charge in [-0.05, 0) is 18.2 Å². The Morgan fingerprint density at radius 3 is 2.33 bits per heavy atom. The van der Waals surface area contributed by atoms with E-state index < -0.39 is 0 Å². The molecule has 2 aromatic carbocycles. The van der Waals surface area contributed by atoms with Gasteiger partial charge in [0.05, 0.1) is 5.69 Å². The normalized spacial score (nSPS) is 11.4. The summed E-state index contributed by atoms with van der Waals surface area (Å²) in [5.74, 6) is 0.953. The highest BCUT2D eigenvalue weighted by atomic mass is 79.9. The highest BCUT2D eigenvalue weighted by molar-refractivity contribution is 9.10. The van der Waals surface area contributed by atoms with Crippen molar-refractivity contribution >= 4 is 27.5 Å². The van der Waals surface area contributed by atoms with Crippen LogP contribution in [0.15, 0.2) is 64.1 Å². The van der Waals surface area contributed by atoms with E-state index in [1.54, 1.807) is 0 Å². The van der Waals surface area contributed by atoms with Crippen LogP contribution >= 0.6 is 15.9 Å². The van der Waals surface area contributed by atoms with Crippen molar-refractivity contribution < 1.29 is 0 Å². The number of amidine groups is 1. The summed E-state index contributed by atoms with van der Waals surface area (Å²) in [5, 5.41) is 0. The van der Waals surface area contributed by atoms with Gasteiger partial charge in [0.2, 0.25) is 0 Å². The van der Waals surface area contributed by atoms with Crippen molar-refractivity contribution in [1.29, 1.82) is 0 Å². The molecule has 0 aliphatic rings. The minimum Gasteiger partial charge on any atom is -0.362 e. The number of hydrogen-bond donors (Lipinski definition) is 0. The van der Waals surface area contributed by atoms with Gasteiger partial charge in [0.1, 0.15) is 5.84 Å².